The first-order chi connectivity index (χ1) is 13.4. The summed E-state index contributed by atoms with van der Waals surface area (Å²) < 4.78 is 0. The number of hydrogen-bond acceptors (Lipinski definition) is 6. The van der Waals surface area contributed by atoms with E-state index in [1.807, 2.05) is 13.8 Å². The van der Waals surface area contributed by atoms with Gasteiger partial charge in [0.05, 0.1) is 6.04 Å². The lowest BCUT2D eigenvalue weighted by molar-refractivity contribution is -0.142. The summed E-state index contributed by atoms with van der Waals surface area (Å²) in [5.74, 6) is -3.23. The Bertz CT molecular complexity index is 605. The number of nitrogens with two attached hydrogens (primary N) is 4. The highest BCUT2D eigenvalue weighted by atomic mass is 16.4. The van der Waals surface area contributed by atoms with Gasteiger partial charge in [-0.2, -0.15) is 0 Å². The molecule has 0 saturated carbocycles. The molecule has 12 heteroatoms. The van der Waals surface area contributed by atoms with Crippen LogP contribution in [0.3, 0.4) is 0 Å². The van der Waals surface area contributed by atoms with Crippen molar-refractivity contribution in [3.05, 3.63) is 0 Å². The molecule has 0 aromatic heterocycles. The summed E-state index contributed by atoms with van der Waals surface area (Å²) in [6, 6.07) is -3.20. The SMILES string of the molecule is CC(C)CC(NC(=O)C(CCC(N)=O)NC(=O)C(N)CCCN=C(N)N)C(=O)O. The lowest BCUT2D eigenvalue weighted by Gasteiger charge is -2.23. The van der Waals surface area contributed by atoms with Crippen molar-refractivity contribution in [2.75, 3.05) is 6.54 Å². The van der Waals surface area contributed by atoms with E-state index < -0.39 is 41.8 Å². The van der Waals surface area contributed by atoms with Gasteiger partial charge >= 0.3 is 5.97 Å². The summed E-state index contributed by atoms with van der Waals surface area (Å²) >= 11 is 0. The number of carbonyl (C=O) groups is 4. The minimum Gasteiger partial charge on any atom is -0.480 e. The summed E-state index contributed by atoms with van der Waals surface area (Å²) in [4.78, 5) is 51.0. The van der Waals surface area contributed by atoms with Crippen LogP contribution in [0.25, 0.3) is 0 Å². The topological polar surface area (TPSA) is 229 Å². The van der Waals surface area contributed by atoms with Crippen molar-refractivity contribution in [3.63, 3.8) is 0 Å². The molecule has 0 spiro atoms. The molecule has 0 saturated heterocycles. The lowest BCUT2D eigenvalue weighted by Crippen LogP contribution is -2.54. The number of aliphatic imine (C=N–C) groups is 1. The number of guanidine groups is 1. The smallest absolute Gasteiger partial charge is 0.326 e. The highest BCUT2D eigenvalue weighted by molar-refractivity contribution is 5.92. The summed E-state index contributed by atoms with van der Waals surface area (Å²) in [6.07, 6.45) is 0.668. The molecule has 12 nitrogen and oxygen atoms in total. The summed E-state index contributed by atoms with van der Waals surface area (Å²) in [6.45, 7) is 3.93. The maximum Gasteiger partial charge on any atom is 0.326 e. The van der Waals surface area contributed by atoms with Crippen molar-refractivity contribution in [3.8, 4) is 0 Å². The van der Waals surface area contributed by atoms with Gasteiger partial charge in [-0.05, 0) is 31.6 Å². The highest BCUT2D eigenvalue weighted by Crippen LogP contribution is 2.07. The zero-order valence-corrected chi connectivity index (χ0v) is 16.9. The minimum atomic E-state index is -1.19. The number of carboxylic acids is 1. The molecule has 3 atom stereocenters. The van der Waals surface area contributed by atoms with Crippen LogP contribution in [0.1, 0.15) is 46.0 Å². The van der Waals surface area contributed by atoms with Crippen LogP contribution in [0.4, 0.5) is 0 Å². The number of nitrogens with zero attached hydrogens (tertiary/aromatic N) is 1. The Morgan fingerprint density at radius 3 is 2.03 bits per heavy atom. The lowest BCUT2D eigenvalue weighted by atomic mass is 10.0. The Labute approximate surface area is 169 Å². The number of rotatable bonds is 14. The number of carboxylic acid groups (broad SMARTS) is 1. The zero-order valence-electron chi connectivity index (χ0n) is 16.9. The number of aliphatic carboxylic acids is 1. The van der Waals surface area contributed by atoms with Gasteiger partial charge in [-0.3, -0.25) is 19.4 Å². The molecule has 0 bridgehead atoms. The normalized spacial score (nSPS) is 13.8. The van der Waals surface area contributed by atoms with Gasteiger partial charge < -0.3 is 38.7 Å². The van der Waals surface area contributed by atoms with Crippen LogP contribution in [-0.4, -0.2) is 59.4 Å². The molecular weight excluding hydrogens is 382 g/mol. The minimum absolute atomic E-state index is 0.0219. The molecule has 0 aromatic carbocycles. The van der Waals surface area contributed by atoms with Crippen LogP contribution in [0.15, 0.2) is 4.99 Å². The number of nitrogens with one attached hydrogen (secondary N) is 2. The van der Waals surface area contributed by atoms with Crippen LogP contribution in [0.2, 0.25) is 0 Å². The third-order valence-corrected chi connectivity index (χ3v) is 3.94. The van der Waals surface area contributed by atoms with Gasteiger partial charge in [0, 0.05) is 13.0 Å². The van der Waals surface area contributed by atoms with Crippen LogP contribution in [0.5, 0.6) is 0 Å². The van der Waals surface area contributed by atoms with Gasteiger partial charge in [0.2, 0.25) is 17.7 Å². The second-order valence-corrected chi connectivity index (χ2v) is 7.15. The van der Waals surface area contributed by atoms with E-state index in [-0.39, 0.29) is 37.6 Å². The number of primary amides is 1. The van der Waals surface area contributed by atoms with Crippen molar-refractivity contribution in [1.82, 2.24) is 10.6 Å². The molecule has 29 heavy (non-hydrogen) atoms. The molecule has 0 radical (unpaired) electrons. The van der Waals surface area contributed by atoms with Gasteiger partial charge in [-0.1, -0.05) is 13.8 Å². The summed E-state index contributed by atoms with van der Waals surface area (Å²) in [7, 11) is 0. The van der Waals surface area contributed by atoms with Crippen LogP contribution in [-0.2, 0) is 19.2 Å². The van der Waals surface area contributed by atoms with Gasteiger partial charge in [-0.15, -0.1) is 0 Å². The molecule has 3 unspecified atom stereocenters. The van der Waals surface area contributed by atoms with Crippen LogP contribution < -0.4 is 33.6 Å². The fraction of sp³-hybridized carbons (Fsp3) is 0.706. The highest BCUT2D eigenvalue weighted by Gasteiger charge is 2.28. The third-order valence-electron chi connectivity index (χ3n) is 3.94. The van der Waals surface area contributed by atoms with Gasteiger partial charge in [0.1, 0.15) is 12.1 Å². The summed E-state index contributed by atoms with van der Waals surface area (Å²) in [5.41, 5.74) is 21.4. The van der Waals surface area contributed by atoms with Crippen LogP contribution >= 0.6 is 0 Å². The molecule has 0 rings (SSSR count). The Morgan fingerprint density at radius 2 is 1.55 bits per heavy atom. The Hall–Kier alpha value is -2.89. The van der Waals surface area contributed by atoms with Crippen molar-refractivity contribution in [1.29, 1.82) is 0 Å². The van der Waals surface area contributed by atoms with Crippen molar-refractivity contribution < 1.29 is 24.3 Å². The van der Waals surface area contributed by atoms with E-state index in [1.54, 1.807) is 0 Å². The van der Waals surface area contributed by atoms with E-state index in [4.69, 9.17) is 22.9 Å². The molecule has 0 aliphatic carbocycles. The molecule has 11 N–H and O–H groups in total. The second kappa shape index (κ2) is 13.3. The van der Waals surface area contributed by atoms with Gasteiger partial charge in [-0.25, -0.2) is 4.79 Å². The Morgan fingerprint density at radius 1 is 0.966 bits per heavy atom. The van der Waals surface area contributed by atoms with E-state index in [2.05, 4.69) is 15.6 Å². The first-order valence-corrected chi connectivity index (χ1v) is 9.36. The van der Waals surface area contributed by atoms with E-state index in [9.17, 15) is 24.3 Å². The molecule has 0 aliphatic heterocycles. The van der Waals surface area contributed by atoms with Crippen LogP contribution in [0, 0.1) is 5.92 Å². The average molecular weight is 415 g/mol. The number of carbonyl (C=O) groups excluding carboxylic acids is 3. The molecule has 0 fully saturated rings. The molecule has 0 heterocycles. The first kappa shape index (κ1) is 26.1. The fourth-order valence-electron chi connectivity index (χ4n) is 2.45. The summed E-state index contributed by atoms with van der Waals surface area (Å²) in [5, 5.41) is 14.1. The monoisotopic (exact) mass is 415 g/mol. The van der Waals surface area contributed by atoms with E-state index in [1.165, 1.54) is 0 Å². The van der Waals surface area contributed by atoms with E-state index in [0.29, 0.717) is 13.0 Å². The molecular formula is C17H33N7O5. The Balaban J connectivity index is 4.99. The maximum atomic E-state index is 12.5. The quantitative estimate of drug-likeness (QED) is 0.0926. The number of amides is 3. The third kappa shape index (κ3) is 12.2. The largest absolute Gasteiger partial charge is 0.480 e. The predicted molar refractivity (Wildman–Crippen MR) is 107 cm³/mol. The molecule has 0 aromatic rings. The standard InChI is InChI=1S/C17H33N7O5/c1-9(2)8-12(16(28)29)24-15(27)11(5-6-13(19)25)23-14(26)10(18)4-3-7-22-17(20)21/h9-12H,3-8,18H2,1-2H3,(H2,19,25)(H,23,26)(H,24,27)(H,28,29)(H4,20,21,22). The maximum absolute atomic E-state index is 12.5. The zero-order chi connectivity index (χ0) is 22.6. The Kier molecular flexibility index (Phi) is 12.0. The van der Waals surface area contributed by atoms with E-state index >= 15 is 0 Å². The van der Waals surface area contributed by atoms with Crippen molar-refractivity contribution in [2.24, 2.45) is 33.8 Å². The van der Waals surface area contributed by atoms with Gasteiger partial charge in [0.25, 0.3) is 0 Å². The first-order valence-electron chi connectivity index (χ1n) is 9.36. The van der Waals surface area contributed by atoms with E-state index in [0.717, 1.165) is 0 Å². The number of hydrogen-bond donors (Lipinski definition) is 7. The molecule has 3 amide bonds. The van der Waals surface area contributed by atoms with Gasteiger partial charge in [0.15, 0.2) is 5.96 Å². The molecule has 0 aliphatic rings. The van der Waals surface area contributed by atoms with Crippen molar-refractivity contribution >= 4 is 29.7 Å². The molecule has 166 valence electrons. The average Bonchev–Trinajstić information content (AvgIpc) is 2.60. The fourth-order valence-corrected chi connectivity index (χ4v) is 2.45. The second-order valence-electron chi connectivity index (χ2n) is 7.15. The van der Waals surface area contributed by atoms with Crippen molar-refractivity contribution in [2.45, 2.75) is 64.1 Å². The predicted octanol–water partition coefficient (Wildman–Crippen LogP) is -2.27.